The number of halogens is 1. The molecule has 0 aliphatic rings. The summed E-state index contributed by atoms with van der Waals surface area (Å²) < 4.78 is 1.68. The van der Waals surface area contributed by atoms with Crippen LogP contribution < -0.4 is 0 Å². The summed E-state index contributed by atoms with van der Waals surface area (Å²) >= 11 is 5.85. The molecule has 0 fully saturated rings. The van der Waals surface area contributed by atoms with Crippen molar-refractivity contribution in [2.24, 2.45) is 7.05 Å². The van der Waals surface area contributed by atoms with Crippen LogP contribution in [0.3, 0.4) is 0 Å². The number of nitrogens with zero attached hydrogens (tertiary/aromatic N) is 2. The quantitative estimate of drug-likeness (QED) is 0.800. The summed E-state index contributed by atoms with van der Waals surface area (Å²) in [4.78, 5) is 36.7. The molecule has 7 heteroatoms. The van der Waals surface area contributed by atoms with Crippen molar-refractivity contribution in [3.63, 3.8) is 0 Å². The monoisotopic (exact) mass is 362 g/mol. The minimum atomic E-state index is -1.07. The van der Waals surface area contributed by atoms with Crippen LogP contribution in [-0.2, 0) is 23.1 Å². The molecule has 0 spiro atoms. The molecule has 1 aromatic heterocycles. The highest BCUT2D eigenvalue weighted by Crippen LogP contribution is 2.20. The maximum atomic E-state index is 12.7. The van der Waals surface area contributed by atoms with Crippen molar-refractivity contribution in [3.8, 4) is 0 Å². The molecule has 2 aromatic rings. The van der Waals surface area contributed by atoms with Crippen molar-refractivity contribution in [2.75, 3.05) is 13.6 Å². The maximum absolute atomic E-state index is 12.7. The number of amides is 1. The zero-order valence-corrected chi connectivity index (χ0v) is 15.0. The van der Waals surface area contributed by atoms with Gasteiger partial charge in [-0.05, 0) is 42.8 Å². The van der Waals surface area contributed by atoms with Crippen LogP contribution in [0, 0.1) is 6.92 Å². The molecule has 132 valence electrons. The Kier molecular flexibility index (Phi) is 5.64. The van der Waals surface area contributed by atoms with E-state index in [-0.39, 0.29) is 24.7 Å². The molecule has 6 nitrogen and oxygen atoms in total. The smallest absolute Gasteiger partial charge is 0.323 e. The van der Waals surface area contributed by atoms with Gasteiger partial charge in [0.25, 0.3) is 0 Å². The van der Waals surface area contributed by atoms with Crippen molar-refractivity contribution in [1.29, 1.82) is 0 Å². The number of hydrogen-bond donors (Lipinski definition) is 1. The summed E-state index contributed by atoms with van der Waals surface area (Å²) in [6, 6.07) is 8.39. The number of carboxylic acids is 1. The molecule has 1 aromatic carbocycles. The Hall–Kier alpha value is -2.60. The average molecular weight is 363 g/mol. The standard InChI is InChI=1S/C18H19ClN2O4/c1-11-8-14(9-15(22)20(2)10-16(23)24)21(3)17(11)18(25)12-4-6-13(19)7-5-12/h4-8H,9-10H2,1-3H3,(H,23,24). The minimum absolute atomic E-state index is 0.0228. The van der Waals surface area contributed by atoms with Crippen molar-refractivity contribution in [3.05, 3.63) is 57.9 Å². The molecule has 0 saturated carbocycles. The lowest BCUT2D eigenvalue weighted by Gasteiger charge is -2.15. The van der Waals surface area contributed by atoms with E-state index in [4.69, 9.17) is 16.7 Å². The molecule has 0 aliphatic heterocycles. The van der Waals surface area contributed by atoms with Crippen LogP contribution in [0.4, 0.5) is 0 Å². The number of carbonyl (C=O) groups is 3. The zero-order valence-electron chi connectivity index (χ0n) is 14.2. The highest BCUT2D eigenvalue weighted by molar-refractivity contribution is 6.30. The summed E-state index contributed by atoms with van der Waals surface area (Å²) in [5.74, 6) is -1.56. The normalized spacial score (nSPS) is 10.6. The topological polar surface area (TPSA) is 79.6 Å². The number of carbonyl (C=O) groups excluding carboxylic acids is 2. The molecule has 1 amide bonds. The molecule has 0 bridgehead atoms. The van der Waals surface area contributed by atoms with Gasteiger partial charge in [-0.3, -0.25) is 14.4 Å². The van der Waals surface area contributed by atoms with Crippen LogP contribution in [0.2, 0.25) is 5.02 Å². The fourth-order valence-corrected chi connectivity index (χ4v) is 2.77. The van der Waals surface area contributed by atoms with Gasteiger partial charge in [0.2, 0.25) is 11.7 Å². The predicted molar refractivity (Wildman–Crippen MR) is 94.0 cm³/mol. The third-order valence-electron chi connectivity index (χ3n) is 3.97. The van der Waals surface area contributed by atoms with E-state index in [1.54, 1.807) is 48.9 Å². The van der Waals surface area contributed by atoms with Gasteiger partial charge in [-0.15, -0.1) is 0 Å². The van der Waals surface area contributed by atoms with E-state index in [9.17, 15) is 14.4 Å². The van der Waals surface area contributed by atoms with Gasteiger partial charge in [-0.2, -0.15) is 0 Å². The number of aromatic nitrogens is 1. The number of aryl methyl sites for hydroxylation is 1. The van der Waals surface area contributed by atoms with E-state index < -0.39 is 5.97 Å². The Labute approximate surface area is 150 Å². The first-order valence-electron chi connectivity index (χ1n) is 7.62. The lowest BCUT2D eigenvalue weighted by molar-refractivity contribution is -0.143. The summed E-state index contributed by atoms with van der Waals surface area (Å²) in [6.45, 7) is 1.44. The average Bonchev–Trinajstić information content (AvgIpc) is 2.80. The van der Waals surface area contributed by atoms with E-state index in [2.05, 4.69) is 0 Å². The molecule has 25 heavy (non-hydrogen) atoms. The van der Waals surface area contributed by atoms with Gasteiger partial charge in [0.05, 0.1) is 12.1 Å². The number of ketones is 1. The highest BCUT2D eigenvalue weighted by atomic mass is 35.5. The van der Waals surface area contributed by atoms with Crippen LogP contribution in [0.15, 0.2) is 30.3 Å². The van der Waals surface area contributed by atoms with Gasteiger partial charge in [-0.25, -0.2) is 0 Å². The van der Waals surface area contributed by atoms with Crippen LogP contribution in [0.5, 0.6) is 0 Å². The Balaban J connectivity index is 2.25. The van der Waals surface area contributed by atoms with E-state index in [1.165, 1.54) is 7.05 Å². The SMILES string of the molecule is Cc1cc(CC(=O)N(C)CC(=O)O)n(C)c1C(=O)c1ccc(Cl)cc1. The lowest BCUT2D eigenvalue weighted by atomic mass is 10.1. The predicted octanol–water partition coefficient (Wildman–Crippen LogP) is 2.30. The molecule has 0 saturated heterocycles. The number of carboxylic acid groups (broad SMARTS) is 1. The Morgan fingerprint density at radius 2 is 1.80 bits per heavy atom. The zero-order chi connectivity index (χ0) is 18.7. The molecule has 0 aliphatic carbocycles. The first kappa shape index (κ1) is 18.7. The third kappa shape index (κ3) is 4.28. The fraction of sp³-hybridized carbons (Fsp3) is 0.278. The summed E-state index contributed by atoms with van der Waals surface area (Å²) in [5, 5.41) is 9.32. The van der Waals surface area contributed by atoms with Gasteiger partial charge in [0.15, 0.2) is 0 Å². The van der Waals surface area contributed by atoms with E-state index >= 15 is 0 Å². The summed E-state index contributed by atoms with van der Waals surface area (Å²) in [6.07, 6.45) is 0.0228. The van der Waals surface area contributed by atoms with Crippen LogP contribution in [0.1, 0.15) is 27.3 Å². The van der Waals surface area contributed by atoms with Crippen molar-refractivity contribution >= 4 is 29.3 Å². The second kappa shape index (κ2) is 7.53. The van der Waals surface area contributed by atoms with Crippen LogP contribution in [-0.4, -0.2) is 45.8 Å². The fourth-order valence-electron chi connectivity index (χ4n) is 2.64. The molecular weight excluding hydrogens is 344 g/mol. The Morgan fingerprint density at radius 3 is 2.36 bits per heavy atom. The largest absolute Gasteiger partial charge is 0.480 e. The Morgan fingerprint density at radius 1 is 1.20 bits per heavy atom. The van der Waals surface area contributed by atoms with Gasteiger partial charge in [0.1, 0.15) is 6.54 Å². The number of aliphatic carboxylic acids is 1. The van der Waals surface area contributed by atoms with Crippen LogP contribution >= 0.6 is 11.6 Å². The number of hydrogen-bond acceptors (Lipinski definition) is 3. The maximum Gasteiger partial charge on any atom is 0.323 e. The first-order chi connectivity index (χ1) is 11.7. The van der Waals surface area contributed by atoms with E-state index in [0.29, 0.717) is 22.0 Å². The summed E-state index contributed by atoms with van der Waals surface area (Å²) in [5.41, 5.74) is 2.41. The molecule has 1 heterocycles. The number of benzene rings is 1. The van der Waals surface area contributed by atoms with Crippen molar-refractivity contribution < 1.29 is 19.5 Å². The van der Waals surface area contributed by atoms with Gasteiger partial charge >= 0.3 is 5.97 Å². The number of rotatable bonds is 6. The molecule has 0 atom stereocenters. The summed E-state index contributed by atoms with van der Waals surface area (Å²) in [7, 11) is 3.15. The van der Waals surface area contributed by atoms with Crippen LogP contribution in [0.25, 0.3) is 0 Å². The van der Waals surface area contributed by atoms with E-state index in [1.807, 2.05) is 0 Å². The van der Waals surface area contributed by atoms with Gasteiger partial charge in [0, 0.05) is 30.4 Å². The second-order valence-electron chi connectivity index (χ2n) is 5.88. The highest BCUT2D eigenvalue weighted by Gasteiger charge is 2.21. The lowest BCUT2D eigenvalue weighted by Crippen LogP contribution is -2.33. The second-order valence-corrected chi connectivity index (χ2v) is 6.32. The third-order valence-corrected chi connectivity index (χ3v) is 4.23. The molecule has 2 rings (SSSR count). The van der Waals surface area contributed by atoms with Gasteiger partial charge in [-0.1, -0.05) is 11.6 Å². The Bertz CT molecular complexity index is 824. The van der Waals surface area contributed by atoms with Crippen molar-refractivity contribution in [2.45, 2.75) is 13.3 Å². The van der Waals surface area contributed by atoms with Gasteiger partial charge < -0.3 is 14.6 Å². The minimum Gasteiger partial charge on any atom is -0.480 e. The molecule has 0 radical (unpaired) electrons. The first-order valence-corrected chi connectivity index (χ1v) is 7.99. The molecular formula is C18H19ClN2O4. The van der Waals surface area contributed by atoms with Crippen molar-refractivity contribution in [1.82, 2.24) is 9.47 Å². The molecule has 1 N–H and O–H groups in total. The van der Waals surface area contributed by atoms with E-state index in [0.717, 1.165) is 10.5 Å². The number of likely N-dealkylation sites (N-methyl/N-ethyl adjacent to an activating group) is 1. The molecule has 0 unspecified atom stereocenters.